The first kappa shape index (κ1) is 14.6. The van der Waals surface area contributed by atoms with Crippen LogP contribution in [0.1, 0.15) is 5.82 Å². The van der Waals surface area contributed by atoms with E-state index in [-0.39, 0.29) is 5.56 Å². The lowest BCUT2D eigenvalue weighted by atomic mass is 10.0. The average Bonchev–Trinajstić information content (AvgIpc) is 2.90. The largest absolute Gasteiger partial charge is 0.368 e. The molecule has 1 aliphatic heterocycles. The van der Waals surface area contributed by atoms with Crippen molar-refractivity contribution in [2.24, 2.45) is 13.0 Å². The summed E-state index contributed by atoms with van der Waals surface area (Å²) in [6.07, 6.45) is 0. The Morgan fingerprint density at radius 3 is 2.79 bits per heavy atom. The molecule has 0 aliphatic carbocycles. The van der Waals surface area contributed by atoms with Gasteiger partial charge in [-0.1, -0.05) is 0 Å². The van der Waals surface area contributed by atoms with Gasteiger partial charge in [-0.2, -0.15) is 9.61 Å². The van der Waals surface area contributed by atoms with E-state index in [0.717, 1.165) is 42.7 Å². The van der Waals surface area contributed by atoms with E-state index in [1.54, 1.807) is 17.6 Å². The lowest BCUT2D eigenvalue weighted by Gasteiger charge is -2.40. The van der Waals surface area contributed by atoms with E-state index in [1.807, 2.05) is 19.1 Å². The Kier molecular flexibility index (Phi) is 3.40. The second-order valence-electron chi connectivity index (χ2n) is 6.04. The molecular weight excluding hydrogens is 308 g/mol. The van der Waals surface area contributed by atoms with Crippen LogP contribution in [0, 0.1) is 12.8 Å². The molecule has 124 valence electrons. The molecule has 1 saturated heterocycles. The van der Waals surface area contributed by atoms with Crippen molar-refractivity contribution >= 4 is 17.3 Å². The maximum Gasteiger partial charge on any atom is 0.266 e. The van der Waals surface area contributed by atoms with Gasteiger partial charge in [-0.25, -0.2) is 4.68 Å². The van der Waals surface area contributed by atoms with Crippen molar-refractivity contribution in [1.29, 1.82) is 0 Å². The Morgan fingerprint density at radius 2 is 2.00 bits per heavy atom. The van der Waals surface area contributed by atoms with Gasteiger partial charge in [0.15, 0.2) is 11.5 Å². The summed E-state index contributed by atoms with van der Waals surface area (Å²) in [6.45, 7) is 4.56. The minimum absolute atomic E-state index is 0.110. The zero-order chi connectivity index (χ0) is 16.7. The minimum atomic E-state index is -0.110. The van der Waals surface area contributed by atoms with Crippen LogP contribution in [-0.2, 0) is 7.05 Å². The molecule has 0 amide bonds. The van der Waals surface area contributed by atoms with Gasteiger partial charge in [-0.05, 0) is 25.1 Å². The number of aryl methyl sites for hydroxylation is 2. The maximum absolute atomic E-state index is 11.3. The van der Waals surface area contributed by atoms with E-state index in [4.69, 9.17) is 0 Å². The number of hydrogen-bond acceptors (Lipinski definition) is 7. The molecule has 0 spiro atoms. The molecule has 9 nitrogen and oxygen atoms in total. The third-order valence-electron chi connectivity index (χ3n) is 4.22. The SMILES string of the molecule is Cc1nnc2ccc(N3CC(CNc4ccc(=O)n(C)n4)C3)nn12. The Hall–Kier alpha value is -2.97. The van der Waals surface area contributed by atoms with Crippen LogP contribution >= 0.6 is 0 Å². The second-order valence-corrected chi connectivity index (χ2v) is 6.04. The number of hydrogen-bond donors (Lipinski definition) is 1. The van der Waals surface area contributed by atoms with Gasteiger partial charge in [0.1, 0.15) is 11.6 Å². The molecule has 4 heterocycles. The van der Waals surface area contributed by atoms with Gasteiger partial charge in [0, 0.05) is 38.7 Å². The average molecular weight is 326 g/mol. The highest BCUT2D eigenvalue weighted by Crippen LogP contribution is 2.23. The lowest BCUT2D eigenvalue weighted by molar-refractivity contribution is 0.424. The number of fused-ring (bicyclic) bond motifs is 1. The predicted octanol–water partition coefficient (Wildman–Crippen LogP) is 0.0747. The summed E-state index contributed by atoms with van der Waals surface area (Å²) >= 11 is 0. The smallest absolute Gasteiger partial charge is 0.266 e. The number of nitrogens with zero attached hydrogens (tertiary/aromatic N) is 7. The van der Waals surface area contributed by atoms with Gasteiger partial charge >= 0.3 is 0 Å². The van der Waals surface area contributed by atoms with Crippen molar-refractivity contribution in [3.8, 4) is 0 Å². The van der Waals surface area contributed by atoms with Crippen molar-refractivity contribution < 1.29 is 0 Å². The van der Waals surface area contributed by atoms with Gasteiger partial charge in [0.05, 0.1) is 0 Å². The summed E-state index contributed by atoms with van der Waals surface area (Å²) in [5.74, 6) is 2.95. The minimum Gasteiger partial charge on any atom is -0.368 e. The highest BCUT2D eigenvalue weighted by atomic mass is 16.1. The summed E-state index contributed by atoms with van der Waals surface area (Å²) in [5, 5.41) is 20.1. The fourth-order valence-corrected chi connectivity index (χ4v) is 2.79. The van der Waals surface area contributed by atoms with Crippen LogP contribution in [0.3, 0.4) is 0 Å². The van der Waals surface area contributed by atoms with Crippen molar-refractivity contribution in [3.05, 3.63) is 40.4 Å². The van der Waals surface area contributed by atoms with E-state index in [1.165, 1.54) is 10.7 Å². The molecule has 0 saturated carbocycles. The van der Waals surface area contributed by atoms with Gasteiger partial charge in [-0.15, -0.1) is 15.3 Å². The molecule has 0 radical (unpaired) electrons. The molecule has 0 unspecified atom stereocenters. The Bertz CT molecular complexity index is 940. The van der Waals surface area contributed by atoms with Crippen LogP contribution < -0.4 is 15.8 Å². The van der Waals surface area contributed by atoms with E-state index in [9.17, 15) is 4.79 Å². The second kappa shape index (κ2) is 5.59. The Morgan fingerprint density at radius 1 is 1.17 bits per heavy atom. The molecule has 0 atom stereocenters. The highest BCUT2D eigenvalue weighted by Gasteiger charge is 2.28. The Balaban J connectivity index is 1.36. The fraction of sp³-hybridized carbons (Fsp3) is 0.400. The third-order valence-corrected chi connectivity index (χ3v) is 4.22. The van der Waals surface area contributed by atoms with Crippen molar-refractivity contribution in [3.63, 3.8) is 0 Å². The van der Waals surface area contributed by atoms with Gasteiger partial charge in [-0.3, -0.25) is 4.79 Å². The number of anilines is 2. The first-order chi connectivity index (χ1) is 11.6. The summed E-state index contributed by atoms with van der Waals surface area (Å²) in [6, 6.07) is 7.13. The van der Waals surface area contributed by atoms with Crippen molar-refractivity contribution in [2.45, 2.75) is 6.92 Å². The molecule has 9 heteroatoms. The molecule has 1 fully saturated rings. The zero-order valence-electron chi connectivity index (χ0n) is 13.5. The summed E-state index contributed by atoms with van der Waals surface area (Å²) in [7, 11) is 1.65. The first-order valence-electron chi connectivity index (χ1n) is 7.82. The normalized spacial score (nSPS) is 14.8. The summed E-state index contributed by atoms with van der Waals surface area (Å²) in [5.41, 5.74) is 0.650. The summed E-state index contributed by atoms with van der Waals surface area (Å²) < 4.78 is 3.09. The Labute approximate surface area is 137 Å². The topological polar surface area (TPSA) is 93.2 Å². The lowest BCUT2D eigenvalue weighted by Crippen LogP contribution is -2.50. The zero-order valence-corrected chi connectivity index (χ0v) is 13.5. The van der Waals surface area contributed by atoms with E-state index in [2.05, 4.69) is 30.6 Å². The molecular formula is C15H18N8O. The van der Waals surface area contributed by atoms with Crippen LogP contribution in [0.5, 0.6) is 0 Å². The van der Waals surface area contributed by atoms with Crippen LogP contribution in [0.4, 0.5) is 11.6 Å². The molecule has 1 N–H and O–H groups in total. The predicted molar refractivity (Wildman–Crippen MR) is 89.2 cm³/mol. The van der Waals surface area contributed by atoms with Crippen LogP contribution in [0.25, 0.3) is 5.65 Å². The van der Waals surface area contributed by atoms with Gasteiger partial charge in [0.25, 0.3) is 5.56 Å². The van der Waals surface area contributed by atoms with E-state index < -0.39 is 0 Å². The monoisotopic (exact) mass is 326 g/mol. The molecule has 1 aliphatic rings. The molecule has 3 aromatic rings. The molecule has 3 aromatic heterocycles. The van der Waals surface area contributed by atoms with Crippen molar-refractivity contribution in [2.75, 3.05) is 29.9 Å². The maximum atomic E-state index is 11.3. The van der Waals surface area contributed by atoms with E-state index in [0.29, 0.717) is 5.92 Å². The van der Waals surface area contributed by atoms with Crippen molar-refractivity contribution in [1.82, 2.24) is 29.6 Å². The molecule has 4 rings (SSSR count). The van der Waals surface area contributed by atoms with E-state index >= 15 is 0 Å². The van der Waals surface area contributed by atoms with Crippen LogP contribution in [0.15, 0.2) is 29.1 Å². The molecule has 24 heavy (non-hydrogen) atoms. The fourth-order valence-electron chi connectivity index (χ4n) is 2.79. The van der Waals surface area contributed by atoms with Gasteiger partial charge in [0.2, 0.25) is 0 Å². The summed E-state index contributed by atoms with van der Waals surface area (Å²) in [4.78, 5) is 13.5. The van der Waals surface area contributed by atoms with Gasteiger partial charge < -0.3 is 10.2 Å². The number of nitrogens with one attached hydrogen (secondary N) is 1. The highest BCUT2D eigenvalue weighted by molar-refractivity contribution is 5.47. The molecule has 0 aromatic carbocycles. The van der Waals surface area contributed by atoms with Crippen LogP contribution in [0.2, 0.25) is 0 Å². The first-order valence-corrected chi connectivity index (χ1v) is 7.82. The quantitative estimate of drug-likeness (QED) is 0.725. The number of aromatic nitrogens is 6. The number of rotatable bonds is 4. The third kappa shape index (κ3) is 2.57. The van der Waals surface area contributed by atoms with Crippen LogP contribution in [-0.4, -0.2) is 49.2 Å². The molecule has 0 bridgehead atoms. The standard InChI is InChI=1S/C15H18N8O/c1-10-17-18-13-4-5-14(20-23(10)13)22-8-11(9-22)7-16-12-3-6-15(24)21(2)19-12/h3-6,11H,7-9H2,1-2H3,(H,16,19).